The maximum atomic E-state index is 14.1. The predicted octanol–water partition coefficient (Wildman–Crippen LogP) is 5.05. The van der Waals surface area contributed by atoms with Crippen molar-refractivity contribution in [3.8, 4) is 11.1 Å². The van der Waals surface area contributed by atoms with Gasteiger partial charge in [-0.2, -0.15) is 16.8 Å². The SMILES string of the molecule is O=C(Nc1cc2c(cc1S(=O)(=O)O)-c1cc(S(=O)(=O)O)c(NC(=O)c3ccc4c(c3)C(=O)c3ccccc3C4=O)cc1S2(=O)=O)c1ccc2c(c1)C(=O)c1ccccc1C2=O. The van der Waals surface area contributed by atoms with Crippen molar-refractivity contribution in [2.75, 3.05) is 10.6 Å². The minimum Gasteiger partial charge on any atom is -0.321 e. The van der Waals surface area contributed by atoms with Gasteiger partial charge in [0, 0.05) is 66.8 Å². The van der Waals surface area contributed by atoms with Crippen LogP contribution in [0.5, 0.6) is 0 Å². The van der Waals surface area contributed by atoms with Gasteiger partial charge in [0.25, 0.3) is 32.1 Å². The molecule has 1 heterocycles. The highest BCUT2D eigenvalue weighted by atomic mass is 32.2. The Hall–Kier alpha value is -7.29. The fraction of sp³-hybridized carbons (Fsp3) is 0. The Kier molecular flexibility index (Phi) is 8.58. The van der Waals surface area contributed by atoms with Gasteiger partial charge in [0.1, 0.15) is 9.79 Å². The summed E-state index contributed by atoms with van der Waals surface area (Å²) < 4.78 is 99.5. The van der Waals surface area contributed by atoms with E-state index in [1.807, 2.05) is 0 Å². The number of carbonyl (C=O) groups excluding carboxylic acids is 6. The van der Waals surface area contributed by atoms with Crippen molar-refractivity contribution in [1.29, 1.82) is 0 Å². The standard InChI is InChI=1S/C42H22N2O14S3/c45-37-21-5-1-3-7-23(21)39(47)29-13-19(9-11-25(29)37)41(49)43-31-17-33-27(15-35(31)60(53,54)55)28-16-36(61(56,57)58)32(18-34(28)59(33,51)52)44-42(50)20-10-12-26-30(14-20)40(48)24-8-4-2-6-22(24)38(26)46/h1-18H,(H,43,49)(H,44,50)(H,53,54,55)(H,56,57,58). The molecule has 9 rings (SSSR count). The first kappa shape index (κ1) is 39.2. The first-order valence-electron chi connectivity index (χ1n) is 17.6. The van der Waals surface area contributed by atoms with Crippen LogP contribution in [0.1, 0.15) is 84.4 Å². The Morgan fingerprint density at radius 2 is 0.738 bits per heavy atom. The van der Waals surface area contributed by atoms with Crippen molar-refractivity contribution in [2.45, 2.75) is 19.6 Å². The molecule has 4 N–H and O–H groups in total. The summed E-state index contributed by atoms with van der Waals surface area (Å²) in [5, 5.41) is 4.45. The molecule has 2 aliphatic carbocycles. The second-order valence-corrected chi connectivity index (χ2v) is 18.6. The molecule has 0 fully saturated rings. The number of hydrogen-bond donors (Lipinski definition) is 4. The number of rotatable bonds is 6. The summed E-state index contributed by atoms with van der Waals surface area (Å²) in [5.74, 6) is -4.27. The largest absolute Gasteiger partial charge is 0.321 e. The van der Waals surface area contributed by atoms with Gasteiger partial charge in [-0.05, 0) is 60.7 Å². The Balaban J connectivity index is 1.08. The van der Waals surface area contributed by atoms with E-state index in [1.54, 1.807) is 24.3 Å². The Bertz CT molecular complexity index is 3280. The van der Waals surface area contributed by atoms with Crippen LogP contribution in [0.4, 0.5) is 11.4 Å². The zero-order valence-electron chi connectivity index (χ0n) is 30.4. The zero-order chi connectivity index (χ0) is 43.5. The molecule has 19 heteroatoms. The summed E-state index contributed by atoms with van der Waals surface area (Å²) in [6, 6.07) is 21.8. The molecule has 6 aromatic rings. The molecule has 2 amide bonds. The number of fused-ring (bicyclic) bond motifs is 7. The van der Waals surface area contributed by atoms with E-state index in [1.165, 1.54) is 48.5 Å². The number of benzene rings is 6. The molecule has 1 aliphatic heterocycles. The summed E-state index contributed by atoms with van der Waals surface area (Å²) >= 11 is 0. The topological polar surface area (TPSA) is 269 Å². The van der Waals surface area contributed by atoms with Gasteiger partial charge in [-0.1, -0.05) is 48.5 Å². The number of sulfone groups is 1. The second-order valence-electron chi connectivity index (χ2n) is 14.0. The first-order valence-corrected chi connectivity index (χ1v) is 22.0. The van der Waals surface area contributed by atoms with E-state index in [-0.39, 0.29) is 55.6 Å². The van der Waals surface area contributed by atoms with Crippen LogP contribution < -0.4 is 10.6 Å². The fourth-order valence-electron chi connectivity index (χ4n) is 7.60. The van der Waals surface area contributed by atoms with Crippen LogP contribution in [-0.2, 0) is 30.1 Å². The lowest BCUT2D eigenvalue weighted by atomic mass is 9.83. The maximum absolute atomic E-state index is 14.1. The van der Waals surface area contributed by atoms with Crippen molar-refractivity contribution in [2.24, 2.45) is 0 Å². The third kappa shape index (κ3) is 6.13. The lowest BCUT2D eigenvalue weighted by Crippen LogP contribution is -2.22. The third-order valence-corrected chi connectivity index (χ3v) is 14.1. The van der Waals surface area contributed by atoms with Crippen LogP contribution in [0.3, 0.4) is 0 Å². The number of anilines is 2. The number of ketones is 4. The summed E-state index contributed by atoms with van der Waals surface area (Å²) in [7, 11) is -15.3. The van der Waals surface area contributed by atoms with Crippen LogP contribution in [0.15, 0.2) is 129 Å². The summed E-state index contributed by atoms with van der Waals surface area (Å²) in [6.45, 7) is 0. The first-order chi connectivity index (χ1) is 28.8. The molecule has 16 nitrogen and oxygen atoms in total. The molecule has 0 aromatic heterocycles. The molecular formula is C42H22N2O14S3. The van der Waals surface area contributed by atoms with Crippen molar-refractivity contribution < 1.29 is 63.1 Å². The Labute approximate surface area is 344 Å². The minimum atomic E-state index is -5.29. The highest BCUT2D eigenvalue weighted by molar-refractivity contribution is 7.92. The minimum absolute atomic E-state index is 0.000478. The molecule has 6 aromatic carbocycles. The number of amides is 2. The molecule has 0 unspecified atom stereocenters. The molecule has 0 radical (unpaired) electrons. The van der Waals surface area contributed by atoms with Gasteiger partial charge in [-0.25, -0.2) is 8.42 Å². The van der Waals surface area contributed by atoms with Gasteiger partial charge in [0.2, 0.25) is 9.84 Å². The Morgan fingerprint density at radius 3 is 1.07 bits per heavy atom. The van der Waals surface area contributed by atoms with Crippen molar-refractivity contribution in [3.63, 3.8) is 0 Å². The van der Waals surface area contributed by atoms with Gasteiger partial charge >= 0.3 is 0 Å². The molecule has 61 heavy (non-hydrogen) atoms. The van der Waals surface area contributed by atoms with E-state index in [4.69, 9.17) is 0 Å². The van der Waals surface area contributed by atoms with Gasteiger partial charge in [-0.3, -0.25) is 37.9 Å². The zero-order valence-corrected chi connectivity index (χ0v) is 32.9. The van der Waals surface area contributed by atoms with Gasteiger partial charge in [0.15, 0.2) is 23.1 Å². The van der Waals surface area contributed by atoms with Crippen LogP contribution in [0, 0.1) is 0 Å². The van der Waals surface area contributed by atoms with Crippen LogP contribution in [0.25, 0.3) is 11.1 Å². The van der Waals surface area contributed by atoms with E-state index in [0.717, 1.165) is 12.1 Å². The molecular weight excluding hydrogens is 853 g/mol. The second kappa shape index (κ2) is 13.4. The molecule has 0 saturated heterocycles. The van der Waals surface area contributed by atoms with Gasteiger partial charge < -0.3 is 10.6 Å². The molecule has 0 bridgehead atoms. The predicted molar refractivity (Wildman–Crippen MR) is 212 cm³/mol. The van der Waals surface area contributed by atoms with E-state index in [0.29, 0.717) is 24.3 Å². The van der Waals surface area contributed by atoms with Gasteiger partial charge in [-0.15, -0.1) is 0 Å². The van der Waals surface area contributed by atoms with E-state index in [9.17, 15) is 63.1 Å². The number of nitrogens with one attached hydrogen (secondary N) is 2. The molecule has 3 aliphatic rings. The average Bonchev–Trinajstić information content (AvgIpc) is 3.44. The quantitative estimate of drug-likeness (QED) is 0.159. The third-order valence-electron chi connectivity index (χ3n) is 10.5. The summed E-state index contributed by atoms with van der Waals surface area (Å²) in [6.07, 6.45) is 0. The normalized spacial score (nSPS) is 14.5. The lowest BCUT2D eigenvalue weighted by molar-refractivity contribution is 0.0977. The molecule has 0 atom stereocenters. The maximum Gasteiger partial charge on any atom is 0.296 e. The molecule has 302 valence electrons. The fourth-order valence-corrected chi connectivity index (χ4v) is 10.6. The monoisotopic (exact) mass is 874 g/mol. The Morgan fingerprint density at radius 1 is 0.426 bits per heavy atom. The van der Waals surface area contributed by atoms with Crippen LogP contribution in [-0.4, -0.2) is 69.3 Å². The number of hydrogen-bond acceptors (Lipinski definition) is 12. The smallest absolute Gasteiger partial charge is 0.296 e. The van der Waals surface area contributed by atoms with E-state index >= 15 is 0 Å². The van der Waals surface area contributed by atoms with Crippen molar-refractivity contribution in [1.82, 2.24) is 0 Å². The highest BCUT2D eigenvalue weighted by Gasteiger charge is 2.39. The van der Waals surface area contributed by atoms with Crippen LogP contribution in [0.2, 0.25) is 0 Å². The highest BCUT2D eigenvalue weighted by Crippen LogP contribution is 2.48. The summed E-state index contributed by atoms with van der Waals surface area (Å²) in [4.78, 5) is 76.4. The number of carbonyl (C=O) groups is 6. The summed E-state index contributed by atoms with van der Waals surface area (Å²) in [5.41, 5.74) is -2.72. The van der Waals surface area contributed by atoms with Crippen molar-refractivity contribution in [3.05, 3.63) is 165 Å². The van der Waals surface area contributed by atoms with Crippen molar-refractivity contribution >= 4 is 76.4 Å². The lowest BCUT2D eigenvalue weighted by Gasteiger charge is -2.18. The van der Waals surface area contributed by atoms with Gasteiger partial charge in [0.05, 0.1) is 21.2 Å². The van der Waals surface area contributed by atoms with E-state index in [2.05, 4.69) is 10.6 Å². The van der Waals surface area contributed by atoms with Crippen LogP contribution >= 0.6 is 0 Å². The molecule has 0 saturated carbocycles. The average molecular weight is 875 g/mol. The van der Waals surface area contributed by atoms with E-state index < -0.39 is 107 Å². The molecule has 0 spiro atoms.